The largest absolute Gasteiger partial charge is 0.333 e. The molecule has 6 nitrogen and oxygen atoms in total. The Morgan fingerprint density at radius 3 is 2.19 bits per heavy atom. The van der Waals surface area contributed by atoms with Gasteiger partial charge in [0.2, 0.25) is 0 Å². The van der Waals surface area contributed by atoms with E-state index >= 15 is 0 Å². The SMILES string of the molecule is Cc1ccc(S(=O)(=O)NC(=O)Nc2ccccc2C(=O)/C=C/C=C/c2ccccc2)cc1. The molecule has 162 valence electrons. The molecular weight excluding hydrogens is 424 g/mol. The minimum atomic E-state index is -4.04. The second-order valence-corrected chi connectivity index (χ2v) is 8.59. The second kappa shape index (κ2) is 10.4. The predicted octanol–water partition coefficient (Wildman–Crippen LogP) is 4.96. The van der Waals surface area contributed by atoms with Crippen LogP contribution in [0.2, 0.25) is 0 Å². The summed E-state index contributed by atoms with van der Waals surface area (Å²) in [6, 6.07) is 21.2. The molecule has 3 rings (SSSR count). The highest BCUT2D eigenvalue weighted by atomic mass is 32.2. The Bertz CT molecular complexity index is 1260. The number of hydrogen-bond acceptors (Lipinski definition) is 4. The lowest BCUT2D eigenvalue weighted by Gasteiger charge is -2.11. The van der Waals surface area contributed by atoms with E-state index in [-0.39, 0.29) is 21.9 Å². The summed E-state index contributed by atoms with van der Waals surface area (Å²) in [6.07, 6.45) is 6.58. The van der Waals surface area contributed by atoms with Crippen LogP contribution in [0.3, 0.4) is 0 Å². The van der Waals surface area contributed by atoms with Crippen LogP contribution in [0.1, 0.15) is 21.5 Å². The highest BCUT2D eigenvalue weighted by Crippen LogP contribution is 2.17. The molecule has 0 fully saturated rings. The quantitative estimate of drug-likeness (QED) is 0.305. The number of anilines is 1. The summed E-state index contributed by atoms with van der Waals surface area (Å²) in [5, 5.41) is 2.44. The van der Waals surface area contributed by atoms with Crippen molar-refractivity contribution in [2.24, 2.45) is 0 Å². The fraction of sp³-hybridized carbons (Fsp3) is 0.0400. The summed E-state index contributed by atoms with van der Waals surface area (Å²) in [4.78, 5) is 24.9. The number of para-hydroxylation sites is 1. The Hall–Kier alpha value is -3.97. The number of benzene rings is 3. The van der Waals surface area contributed by atoms with E-state index < -0.39 is 16.1 Å². The molecule has 0 aliphatic rings. The van der Waals surface area contributed by atoms with Gasteiger partial charge in [-0.3, -0.25) is 4.79 Å². The molecular formula is C25H22N2O4S. The van der Waals surface area contributed by atoms with Crippen molar-refractivity contribution in [3.8, 4) is 0 Å². The molecule has 3 aromatic rings. The molecule has 0 spiro atoms. The molecule has 0 radical (unpaired) electrons. The standard InChI is InChI=1S/C25H22N2O4S/c1-19-15-17-21(18-16-19)32(30,31)27-25(29)26-23-13-7-6-12-22(23)24(28)14-8-5-11-20-9-3-2-4-10-20/h2-18H,1H3,(H2,26,27,29)/b11-5+,14-8+. The van der Waals surface area contributed by atoms with E-state index in [2.05, 4.69) is 5.32 Å². The van der Waals surface area contributed by atoms with Gasteiger partial charge in [0.05, 0.1) is 10.6 Å². The van der Waals surface area contributed by atoms with Gasteiger partial charge in [0.25, 0.3) is 10.0 Å². The first-order valence-electron chi connectivity index (χ1n) is 9.79. The summed E-state index contributed by atoms with van der Waals surface area (Å²) in [6.45, 7) is 1.83. The number of aryl methyl sites for hydroxylation is 1. The zero-order valence-electron chi connectivity index (χ0n) is 17.4. The zero-order valence-corrected chi connectivity index (χ0v) is 18.2. The van der Waals surface area contributed by atoms with Crippen molar-refractivity contribution in [2.75, 3.05) is 5.32 Å². The van der Waals surface area contributed by atoms with Gasteiger partial charge in [0.1, 0.15) is 0 Å². The van der Waals surface area contributed by atoms with Gasteiger partial charge in [0.15, 0.2) is 5.78 Å². The average molecular weight is 447 g/mol. The van der Waals surface area contributed by atoms with Crippen molar-refractivity contribution in [1.82, 2.24) is 4.72 Å². The Balaban J connectivity index is 1.68. The number of carbonyl (C=O) groups is 2. The van der Waals surface area contributed by atoms with Crippen molar-refractivity contribution in [3.63, 3.8) is 0 Å². The number of allylic oxidation sites excluding steroid dienone is 3. The van der Waals surface area contributed by atoms with Crippen molar-refractivity contribution < 1.29 is 18.0 Å². The fourth-order valence-electron chi connectivity index (χ4n) is 2.82. The molecule has 3 aromatic carbocycles. The van der Waals surface area contributed by atoms with Crippen LogP contribution in [-0.4, -0.2) is 20.2 Å². The van der Waals surface area contributed by atoms with E-state index in [1.165, 1.54) is 24.3 Å². The monoisotopic (exact) mass is 446 g/mol. The summed E-state index contributed by atoms with van der Waals surface area (Å²) in [7, 11) is -4.04. The first-order chi connectivity index (χ1) is 15.3. The molecule has 2 amide bonds. The van der Waals surface area contributed by atoms with Crippen LogP contribution in [0.5, 0.6) is 0 Å². The molecule has 0 heterocycles. The van der Waals surface area contributed by atoms with E-state index in [0.29, 0.717) is 0 Å². The fourth-order valence-corrected chi connectivity index (χ4v) is 3.72. The first-order valence-corrected chi connectivity index (χ1v) is 11.3. The molecule has 0 bridgehead atoms. The molecule has 0 unspecified atom stereocenters. The zero-order chi connectivity index (χ0) is 23.0. The topological polar surface area (TPSA) is 92.3 Å². The molecule has 32 heavy (non-hydrogen) atoms. The van der Waals surface area contributed by atoms with Gasteiger partial charge in [-0.25, -0.2) is 17.9 Å². The summed E-state index contributed by atoms with van der Waals surface area (Å²) >= 11 is 0. The van der Waals surface area contributed by atoms with Crippen LogP contribution in [0.4, 0.5) is 10.5 Å². The number of sulfonamides is 1. The van der Waals surface area contributed by atoms with E-state index in [0.717, 1.165) is 11.1 Å². The minimum Gasteiger partial charge on any atom is -0.306 e. The predicted molar refractivity (Wildman–Crippen MR) is 126 cm³/mol. The highest BCUT2D eigenvalue weighted by molar-refractivity contribution is 7.90. The molecule has 2 N–H and O–H groups in total. The lowest BCUT2D eigenvalue weighted by Crippen LogP contribution is -2.34. The van der Waals surface area contributed by atoms with Gasteiger partial charge < -0.3 is 5.32 Å². The number of rotatable bonds is 7. The van der Waals surface area contributed by atoms with Crippen LogP contribution in [0.15, 0.2) is 102 Å². The van der Waals surface area contributed by atoms with Gasteiger partial charge in [-0.1, -0.05) is 78.4 Å². The van der Waals surface area contributed by atoms with Crippen molar-refractivity contribution in [1.29, 1.82) is 0 Å². The summed E-state index contributed by atoms with van der Waals surface area (Å²) in [5.41, 5.74) is 2.33. The molecule has 0 atom stereocenters. The Morgan fingerprint density at radius 1 is 0.812 bits per heavy atom. The molecule has 0 aromatic heterocycles. The third-order valence-corrected chi connectivity index (χ3v) is 5.79. The number of hydrogen-bond donors (Lipinski definition) is 2. The normalized spacial score (nSPS) is 11.5. The van der Waals surface area contributed by atoms with Crippen molar-refractivity contribution >= 4 is 33.6 Å². The lowest BCUT2D eigenvalue weighted by molar-refractivity contribution is 0.104. The summed E-state index contributed by atoms with van der Waals surface area (Å²) in [5.74, 6) is -0.333. The molecule has 0 aliphatic heterocycles. The first kappa shape index (κ1) is 22.7. The van der Waals surface area contributed by atoms with Gasteiger partial charge in [0, 0.05) is 5.56 Å². The maximum atomic E-state index is 12.6. The van der Waals surface area contributed by atoms with Crippen molar-refractivity contribution in [2.45, 2.75) is 11.8 Å². The van der Waals surface area contributed by atoms with E-state index in [9.17, 15) is 18.0 Å². The third-order valence-electron chi connectivity index (χ3n) is 4.45. The Kier molecular flexibility index (Phi) is 7.36. The number of ketones is 1. The number of amides is 2. The van der Waals surface area contributed by atoms with Crippen LogP contribution < -0.4 is 10.0 Å². The van der Waals surface area contributed by atoms with E-state index in [4.69, 9.17) is 0 Å². The van der Waals surface area contributed by atoms with Gasteiger partial charge >= 0.3 is 6.03 Å². The molecule has 7 heteroatoms. The number of urea groups is 1. The molecule has 0 saturated heterocycles. The van der Waals surface area contributed by atoms with E-state index in [1.807, 2.05) is 48.1 Å². The maximum absolute atomic E-state index is 12.6. The second-order valence-electron chi connectivity index (χ2n) is 6.91. The van der Waals surface area contributed by atoms with Crippen LogP contribution in [-0.2, 0) is 10.0 Å². The van der Waals surface area contributed by atoms with Gasteiger partial charge in [-0.2, -0.15) is 0 Å². The average Bonchev–Trinajstić information content (AvgIpc) is 2.77. The van der Waals surface area contributed by atoms with Crippen LogP contribution in [0.25, 0.3) is 6.08 Å². The maximum Gasteiger partial charge on any atom is 0.333 e. The summed E-state index contributed by atoms with van der Waals surface area (Å²) < 4.78 is 26.8. The van der Waals surface area contributed by atoms with Crippen LogP contribution >= 0.6 is 0 Å². The number of carbonyl (C=O) groups excluding carboxylic acids is 2. The molecule has 0 saturated carbocycles. The lowest BCUT2D eigenvalue weighted by atomic mass is 10.1. The molecule has 0 aliphatic carbocycles. The third kappa shape index (κ3) is 6.26. The van der Waals surface area contributed by atoms with Gasteiger partial charge in [-0.15, -0.1) is 0 Å². The Labute approximate surface area is 187 Å². The Morgan fingerprint density at radius 2 is 1.47 bits per heavy atom. The van der Waals surface area contributed by atoms with E-state index in [1.54, 1.807) is 42.5 Å². The smallest absolute Gasteiger partial charge is 0.306 e. The minimum absolute atomic E-state index is 0.0317. The highest BCUT2D eigenvalue weighted by Gasteiger charge is 2.18. The van der Waals surface area contributed by atoms with Gasteiger partial charge in [-0.05, 0) is 42.8 Å². The van der Waals surface area contributed by atoms with Crippen molar-refractivity contribution in [3.05, 3.63) is 114 Å². The van der Waals surface area contributed by atoms with Crippen LogP contribution in [0, 0.1) is 6.92 Å². The number of nitrogens with one attached hydrogen (secondary N) is 2.